The van der Waals surface area contributed by atoms with Crippen LogP contribution in [0.2, 0.25) is 19.6 Å². The SMILES string of the molecule is C[Si](C)(C)c1ccc(N(c2ccccc2)c2ccc3ccc4c(N(c5ccccc5)c5cnc6ccccc6n5)ccc5ccc2c3c54)cc1. The fourth-order valence-electron chi connectivity index (χ4n) is 7.30. The molecule has 1 heterocycles. The monoisotopic (exact) mass is 660 g/mol. The van der Waals surface area contributed by atoms with Gasteiger partial charge in [0.25, 0.3) is 0 Å². The van der Waals surface area contributed by atoms with Crippen molar-refractivity contribution in [3.05, 3.63) is 164 Å². The lowest BCUT2D eigenvalue weighted by Crippen LogP contribution is -2.37. The molecule has 0 radical (unpaired) electrons. The maximum atomic E-state index is 5.12. The third-order valence-electron chi connectivity index (χ3n) is 9.79. The van der Waals surface area contributed by atoms with Crippen LogP contribution in [0.15, 0.2) is 164 Å². The minimum absolute atomic E-state index is 0.780. The lowest BCUT2D eigenvalue weighted by molar-refractivity contribution is 1.18. The smallest absolute Gasteiger partial charge is 0.156 e. The van der Waals surface area contributed by atoms with Crippen LogP contribution < -0.4 is 15.0 Å². The average Bonchev–Trinajstić information content (AvgIpc) is 3.15. The molecule has 0 saturated heterocycles. The molecule has 0 aliphatic rings. The number of nitrogens with zero attached hydrogens (tertiary/aromatic N) is 4. The highest BCUT2D eigenvalue weighted by molar-refractivity contribution is 6.88. The van der Waals surface area contributed by atoms with E-state index in [1.54, 1.807) is 0 Å². The zero-order valence-electron chi connectivity index (χ0n) is 28.4. The van der Waals surface area contributed by atoms with Crippen LogP contribution in [0.25, 0.3) is 43.4 Å². The number of aromatic nitrogens is 2. The Morgan fingerprint density at radius 2 is 0.920 bits per heavy atom. The lowest BCUT2D eigenvalue weighted by Gasteiger charge is -2.29. The molecule has 0 amide bonds. The molecule has 8 aromatic carbocycles. The largest absolute Gasteiger partial charge is 0.310 e. The van der Waals surface area contributed by atoms with Gasteiger partial charge in [-0.15, -0.1) is 0 Å². The molecule has 1 aromatic heterocycles. The van der Waals surface area contributed by atoms with Gasteiger partial charge < -0.3 is 4.90 Å². The first-order valence-electron chi connectivity index (χ1n) is 17.2. The Kier molecular flexibility index (Phi) is 7.11. The van der Waals surface area contributed by atoms with Crippen molar-refractivity contribution >= 4 is 90.9 Å². The first kappa shape index (κ1) is 30.0. The van der Waals surface area contributed by atoms with Crippen LogP contribution in [-0.4, -0.2) is 18.0 Å². The molecule has 0 saturated carbocycles. The van der Waals surface area contributed by atoms with Crippen molar-refractivity contribution < 1.29 is 0 Å². The Bertz CT molecular complexity index is 2630. The summed E-state index contributed by atoms with van der Waals surface area (Å²) < 4.78 is 0. The van der Waals surface area contributed by atoms with Crippen LogP contribution >= 0.6 is 0 Å². The van der Waals surface area contributed by atoms with Crippen molar-refractivity contribution in [3.63, 3.8) is 0 Å². The van der Waals surface area contributed by atoms with Gasteiger partial charge in [-0.25, -0.2) is 4.98 Å². The second-order valence-electron chi connectivity index (χ2n) is 13.9. The molecule has 5 heteroatoms. The number of hydrogen-bond donors (Lipinski definition) is 0. The molecule has 0 N–H and O–H groups in total. The van der Waals surface area contributed by atoms with Crippen molar-refractivity contribution in [1.29, 1.82) is 0 Å². The van der Waals surface area contributed by atoms with Crippen molar-refractivity contribution in [2.24, 2.45) is 0 Å². The van der Waals surface area contributed by atoms with E-state index < -0.39 is 8.07 Å². The Balaban J connectivity index is 1.29. The summed E-state index contributed by atoms with van der Waals surface area (Å²) in [5.74, 6) is 0.780. The average molecular weight is 661 g/mol. The van der Waals surface area contributed by atoms with Crippen molar-refractivity contribution in [2.45, 2.75) is 19.6 Å². The van der Waals surface area contributed by atoms with Crippen molar-refractivity contribution in [3.8, 4) is 0 Å². The molecule has 0 fully saturated rings. The lowest BCUT2D eigenvalue weighted by atomic mass is 9.92. The van der Waals surface area contributed by atoms with Crippen LogP contribution in [0.5, 0.6) is 0 Å². The van der Waals surface area contributed by atoms with E-state index in [-0.39, 0.29) is 0 Å². The number of benzene rings is 8. The molecule has 9 aromatic rings. The Morgan fingerprint density at radius 3 is 1.50 bits per heavy atom. The first-order valence-corrected chi connectivity index (χ1v) is 20.7. The predicted octanol–water partition coefficient (Wildman–Crippen LogP) is 12.0. The first-order chi connectivity index (χ1) is 24.4. The Labute approximate surface area is 293 Å². The summed E-state index contributed by atoms with van der Waals surface area (Å²) in [5, 5.41) is 8.78. The van der Waals surface area contributed by atoms with Gasteiger partial charge in [-0.1, -0.05) is 122 Å². The van der Waals surface area contributed by atoms with Crippen molar-refractivity contribution in [2.75, 3.05) is 9.80 Å². The topological polar surface area (TPSA) is 32.3 Å². The second-order valence-corrected chi connectivity index (χ2v) is 19.0. The molecule has 0 unspecified atom stereocenters. The molecule has 4 nitrogen and oxygen atoms in total. The molecular weight excluding hydrogens is 625 g/mol. The van der Waals surface area contributed by atoms with E-state index in [4.69, 9.17) is 9.97 Å². The fourth-order valence-corrected chi connectivity index (χ4v) is 8.47. The van der Waals surface area contributed by atoms with Gasteiger partial charge in [0.05, 0.1) is 36.7 Å². The van der Waals surface area contributed by atoms with E-state index in [9.17, 15) is 0 Å². The van der Waals surface area contributed by atoms with Crippen LogP contribution in [-0.2, 0) is 0 Å². The maximum Gasteiger partial charge on any atom is 0.156 e. The van der Waals surface area contributed by atoms with Crippen LogP contribution in [0.1, 0.15) is 0 Å². The van der Waals surface area contributed by atoms with Crippen LogP contribution in [0, 0.1) is 0 Å². The quantitative estimate of drug-likeness (QED) is 0.126. The van der Waals surface area contributed by atoms with Gasteiger partial charge >= 0.3 is 0 Å². The third kappa shape index (κ3) is 5.06. The summed E-state index contributed by atoms with van der Waals surface area (Å²) in [6, 6.07) is 56.6. The zero-order valence-corrected chi connectivity index (χ0v) is 29.4. The summed E-state index contributed by atoms with van der Waals surface area (Å²) in [5.41, 5.74) is 7.29. The molecule has 0 atom stereocenters. The van der Waals surface area contributed by atoms with Gasteiger partial charge in [-0.3, -0.25) is 9.88 Å². The highest BCUT2D eigenvalue weighted by Crippen LogP contribution is 2.47. The van der Waals surface area contributed by atoms with E-state index in [1.165, 1.54) is 37.5 Å². The summed E-state index contributed by atoms with van der Waals surface area (Å²) >= 11 is 0. The summed E-state index contributed by atoms with van der Waals surface area (Å²) in [6.45, 7) is 7.20. The standard InChI is InChI=1S/C45H36N4Si/c1-50(2,3)36-24-22-35(23-25-36)48(33-12-6-4-7-13-33)41-28-20-31-19-27-38-42(29-21-32-18-26-37(41)44(31)45(32)38)49(34-14-8-5-9-15-34)43-30-46-39-16-10-11-17-40(39)47-43/h4-30H,1-3H3. The van der Waals surface area contributed by atoms with E-state index in [0.717, 1.165) is 45.3 Å². The van der Waals surface area contributed by atoms with Gasteiger partial charge in [-0.05, 0) is 82.2 Å². The minimum atomic E-state index is -1.45. The van der Waals surface area contributed by atoms with E-state index in [0.29, 0.717) is 0 Å². The molecular formula is C45H36N4Si. The molecule has 240 valence electrons. The fraction of sp³-hybridized carbons (Fsp3) is 0.0667. The molecule has 0 aliphatic carbocycles. The Hall–Kier alpha value is -6.04. The third-order valence-corrected chi connectivity index (χ3v) is 11.9. The number of anilines is 6. The number of para-hydroxylation sites is 4. The molecule has 9 rings (SSSR count). The summed E-state index contributed by atoms with van der Waals surface area (Å²) in [7, 11) is -1.45. The van der Waals surface area contributed by atoms with E-state index in [1.807, 2.05) is 30.5 Å². The van der Waals surface area contributed by atoms with Gasteiger partial charge in [0.1, 0.15) is 0 Å². The second kappa shape index (κ2) is 11.8. The molecule has 50 heavy (non-hydrogen) atoms. The molecule has 0 aliphatic heterocycles. The molecule has 0 spiro atoms. The summed E-state index contributed by atoms with van der Waals surface area (Å²) in [4.78, 5) is 14.6. The van der Waals surface area contributed by atoms with Gasteiger partial charge in [0.2, 0.25) is 0 Å². The highest BCUT2D eigenvalue weighted by atomic mass is 28.3. The van der Waals surface area contributed by atoms with Crippen molar-refractivity contribution in [1.82, 2.24) is 9.97 Å². The number of hydrogen-bond acceptors (Lipinski definition) is 4. The highest BCUT2D eigenvalue weighted by Gasteiger charge is 2.23. The van der Waals surface area contributed by atoms with Crippen LogP contribution in [0.3, 0.4) is 0 Å². The molecule has 0 bridgehead atoms. The zero-order chi connectivity index (χ0) is 33.8. The van der Waals surface area contributed by atoms with E-state index in [2.05, 4.69) is 163 Å². The number of rotatable bonds is 7. The van der Waals surface area contributed by atoms with Gasteiger partial charge in [0, 0.05) is 27.8 Å². The predicted molar refractivity (Wildman–Crippen MR) is 216 cm³/mol. The normalized spacial score (nSPS) is 11.9. The minimum Gasteiger partial charge on any atom is -0.310 e. The number of fused-ring (bicyclic) bond motifs is 1. The maximum absolute atomic E-state index is 5.12. The Morgan fingerprint density at radius 1 is 0.440 bits per heavy atom. The van der Waals surface area contributed by atoms with E-state index >= 15 is 0 Å². The van der Waals surface area contributed by atoms with Crippen LogP contribution in [0.4, 0.5) is 34.3 Å². The van der Waals surface area contributed by atoms with Gasteiger partial charge in [0.15, 0.2) is 5.82 Å². The summed E-state index contributed by atoms with van der Waals surface area (Å²) in [6.07, 6.45) is 1.89. The van der Waals surface area contributed by atoms with Gasteiger partial charge in [-0.2, -0.15) is 0 Å².